The molecule has 0 heteroatoms. The number of hydrogen-bond acceptors (Lipinski definition) is 0. The van der Waals surface area contributed by atoms with E-state index in [1.807, 2.05) is 0 Å². The van der Waals surface area contributed by atoms with Crippen LogP contribution in [0.2, 0.25) is 0 Å². The molecule has 0 saturated heterocycles. The van der Waals surface area contributed by atoms with Crippen molar-refractivity contribution in [3.8, 4) is 0 Å². The van der Waals surface area contributed by atoms with Crippen LogP contribution in [0.4, 0.5) is 0 Å². The predicted octanol–water partition coefficient (Wildman–Crippen LogP) is 5.28. The second-order valence-electron chi connectivity index (χ2n) is 4.60. The van der Waals surface area contributed by atoms with E-state index in [1.54, 1.807) is 0 Å². The summed E-state index contributed by atoms with van der Waals surface area (Å²) in [6, 6.07) is 0. The molecule has 0 aromatic carbocycles. The maximum Gasteiger partial charge on any atom is -0.0142 e. The van der Waals surface area contributed by atoms with Gasteiger partial charge in [0, 0.05) is 0 Å². The van der Waals surface area contributed by atoms with Crippen LogP contribution in [0.25, 0.3) is 0 Å². The Morgan fingerprint density at radius 1 is 1.20 bits per heavy atom. The molecule has 0 nitrogen and oxygen atoms in total. The van der Waals surface area contributed by atoms with Crippen molar-refractivity contribution >= 4 is 0 Å². The van der Waals surface area contributed by atoms with Crippen LogP contribution in [0.5, 0.6) is 0 Å². The third-order valence-electron chi connectivity index (χ3n) is 2.57. The third kappa shape index (κ3) is 9.52. The van der Waals surface area contributed by atoms with Crippen molar-refractivity contribution in [2.75, 3.05) is 0 Å². The molecule has 0 heterocycles. The molecule has 0 bridgehead atoms. The molecule has 86 valence electrons. The summed E-state index contributed by atoms with van der Waals surface area (Å²) in [6.45, 7) is 10.9. The summed E-state index contributed by atoms with van der Waals surface area (Å²) in [5.41, 5.74) is 2.87. The van der Waals surface area contributed by atoms with Gasteiger partial charge >= 0.3 is 0 Å². The average Bonchev–Trinajstić information content (AvgIpc) is 2.17. The molecule has 1 unspecified atom stereocenters. The molecule has 0 spiro atoms. The molecule has 0 fully saturated rings. The topological polar surface area (TPSA) is 0 Å². The minimum Gasteiger partial charge on any atom is -0.0884 e. The van der Waals surface area contributed by atoms with Gasteiger partial charge in [0.15, 0.2) is 0 Å². The van der Waals surface area contributed by atoms with Crippen LogP contribution >= 0.6 is 0 Å². The zero-order valence-corrected chi connectivity index (χ0v) is 11.0. The van der Waals surface area contributed by atoms with Crippen LogP contribution < -0.4 is 0 Å². The van der Waals surface area contributed by atoms with E-state index < -0.39 is 0 Å². The number of rotatable bonds is 6. The smallest absolute Gasteiger partial charge is 0.0142 e. The monoisotopic (exact) mass is 206 g/mol. The summed E-state index contributed by atoms with van der Waals surface area (Å²) < 4.78 is 0. The Balaban J connectivity index is 3.73. The van der Waals surface area contributed by atoms with Crippen molar-refractivity contribution in [3.05, 3.63) is 35.5 Å². The summed E-state index contributed by atoms with van der Waals surface area (Å²) >= 11 is 0. The summed E-state index contributed by atoms with van der Waals surface area (Å²) in [7, 11) is 0. The van der Waals surface area contributed by atoms with Gasteiger partial charge < -0.3 is 0 Å². The van der Waals surface area contributed by atoms with Crippen molar-refractivity contribution < 1.29 is 0 Å². The Morgan fingerprint density at radius 2 is 1.87 bits per heavy atom. The second kappa shape index (κ2) is 8.52. The number of allylic oxidation sites excluding steroid dienone is 6. The molecule has 0 aliphatic carbocycles. The highest BCUT2D eigenvalue weighted by atomic mass is 14.0. The lowest BCUT2D eigenvalue weighted by Gasteiger charge is -2.03. The van der Waals surface area contributed by atoms with Gasteiger partial charge in [0.2, 0.25) is 0 Å². The largest absolute Gasteiger partial charge is 0.0884 e. The van der Waals surface area contributed by atoms with Crippen LogP contribution in [-0.2, 0) is 0 Å². The first-order chi connectivity index (χ1) is 7.06. The Morgan fingerprint density at radius 3 is 2.40 bits per heavy atom. The highest BCUT2D eigenvalue weighted by Gasteiger charge is 1.94. The predicted molar refractivity (Wildman–Crippen MR) is 71.0 cm³/mol. The van der Waals surface area contributed by atoms with E-state index in [0.29, 0.717) is 5.92 Å². The van der Waals surface area contributed by atoms with E-state index in [2.05, 4.69) is 58.9 Å². The van der Waals surface area contributed by atoms with Crippen LogP contribution in [-0.4, -0.2) is 0 Å². The van der Waals surface area contributed by atoms with E-state index in [9.17, 15) is 0 Å². The quantitative estimate of drug-likeness (QED) is 0.518. The Bertz CT molecular complexity index is 237. The first kappa shape index (κ1) is 14.2. The lowest BCUT2D eigenvalue weighted by molar-refractivity contribution is 0.654. The molecule has 15 heavy (non-hydrogen) atoms. The molecule has 0 amide bonds. The van der Waals surface area contributed by atoms with Crippen molar-refractivity contribution in [2.24, 2.45) is 5.92 Å². The molecule has 0 aromatic rings. The van der Waals surface area contributed by atoms with Gasteiger partial charge in [0.1, 0.15) is 0 Å². The fourth-order valence-electron chi connectivity index (χ4n) is 1.34. The molecule has 0 saturated carbocycles. The van der Waals surface area contributed by atoms with Gasteiger partial charge in [-0.25, -0.2) is 0 Å². The molecule has 0 aromatic heterocycles. The fourth-order valence-corrected chi connectivity index (χ4v) is 1.34. The molecule has 0 aliphatic rings. The summed E-state index contributed by atoms with van der Waals surface area (Å²) in [4.78, 5) is 0. The summed E-state index contributed by atoms with van der Waals surface area (Å²) in [5, 5.41) is 0. The van der Waals surface area contributed by atoms with Crippen molar-refractivity contribution in [2.45, 2.75) is 53.9 Å². The van der Waals surface area contributed by atoms with Gasteiger partial charge in [0.25, 0.3) is 0 Å². The first-order valence-electron chi connectivity index (χ1n) is 5.98. The van der Waals surface area contributed by atoms with Gasteiger partial charge in [-0.3, -0.25) is 0 Å². The van der Waals surface area contributed by atoms with Gasteiger partial charge in [0.05, 0.1) is 0 Å². The molecular weight excluding hydrogens is 180 g/mol. The Hall–Kier alpha value is -0.780. The lowest BCUT2D eigenvalue weighted by atomic mass is 10.0. The third-order valence-corrected chi connectivity index (χ3v) is 2.57. The van der Waals surface area contributed by atoms with Crippen molar-refractivity contribution in [1.82, 2.24) is 0 Å². The minimum absolute atomic E-state index is 0.699. The molecule has 0 aliphatic heterocycles. The molecule has 0 rings (SSSR count). The highest BCUT2D eigenvalue weighted by molar-refractivity contribution is 5.04. The van der Waals surface area contributed by atoms with Gasteiger partial charge in [-0.05, 0) is 52.9 Å². The SMILES string of the molecule is CC=C(C)CC=CC(C)CCC=C(C)C. The van der Waals surface area contributed by atoms with Crippen LogP contribution in [0.1, 0.15) is 53.9 Å². The average molecular weight is 206 g/mol. The lowest BCUT2D eigenvalue weighted by Crippen LogP contribution is -1.88. The summed E-state index contributed by atoms with van der Waals surface area (Å²) in [6.07, 6.45) is 12.7. The summed E-state index contributed by atoms with van der Waals surface area (Å²) in [5.74, 6) is 0.699. The van der Waals surface area contributed by atoms with E-state index >= 15 is 0 Å². The van der Waals surface area contributed by atoms with Gasteiger partial charge in [-0.1, -0.05) is 42.4 Å². The second-order valence-corrected chi connectivity index (χ2v) is 4.60. The van der Waals surface area contributed by atoms with Crippen molar-refractivity contribution in [3.63, 3.8) is 0 Å². The molecule has 0 radical (unpaired) electrons. The van der Waals surface area contributed by atoms with Gasteiger partial charge in [-0.2, -0.15) is 0 Å². The Kier molecular flexibility index (Phi) is 8.08. The maximum atomic E-state index is 2.34. The van der Waals surface area contributed by atoms with E-state index in [4.69, 9.17) is 0 Å². The zero-order chi connectivity index (χ0) is 11.7. The van der Waals surface area contributed by atoms with Crippen LogP contribution in [0.15, 0.2) is 35.5 Å². The van der Waals surface area contributed by atoms with Crippen LogP contribution in [0, 0.1) is 5.92 Å². The fraction of sp³-hybridized carbons (Fsp3) is 0.600. The van der Waals surface area contributed by atoms with E-state index in [-0.39, 0.29) is 0 Å². The van der Waals surface area contributed by atoms with E-state index in [0.717, 1.165) is 6.42 Å². The first-order valence-corrected chi connectivity index (χ1v) is 5.98. The van der Waals surface area contributed by atoms with Crippen molar-refractivity contribution in [1.29, 1.82) is 0 Å². The zero-order valence-electron chi connectivity index (χ0n) is 11.0. The van der Waals surface area contributed by atoms with Crippen LogP contribution in [0.3, 0.4) is 0 Å². The Labute approximate surface area is 95.8 Å². The maximum absolute atomic E-state index is 2.34. The van der Waals surface area contributed by atoms with E-state index in [1.165, 1.54) is 24.0 Å². The molecule has 1 atom stereocenters. The standard InChI is InChI=1S/C15H26/c1-6-14(4)10-8-12-15(5)11-7-9-13(2)3/h6,8-9,12,15H,7,10-11H2,1-5H3. The minimum atomic E-state index is 0.699. The number of hydrogen-bond donors (Lipinski definition) is 0. The van der Waals surface area contributed by atoms with Gasteiger partial charge in [-0.15, -0.1) is 0 Å². The highest BCUT2D eigenvalue weighted by Crippen LogP contribution is 2.10. The normalized spacial score (nSPS) is 14.3. The molecule has 0 N–H and O–H groups in total. The molecular formula is C15H26.